The number of carbonyl (C=O) groups is 1. The Morgan fingerprint density at radius 1 is 1.06 bits per heavy atom. The smallest absolute Gasteiger partial charge is 0.246 e. The summed E-state index contributed by atoms with van der Waals surface area (Å²) in [5.74, 6) is -0.215. The number of sulfonamides is 1. The molecule has 1 aliphatic heterocycles. The molecule has 2 aromatic heterocycles. The van der Waals surface area contributed by atoms with Crippen LogP contribution < -0.4 is 0 Å². The summed E-state index contributed by atoms with van der Waals surface area (Å²) in [7, 11) is -4.03. The number of hydrogen-bond donors (Lipinski definition) is 0. The van der Waals surface area contributed by atoms with Crippen molar-refractivity contribution >= 4 is 38.2 Å². The van der Waals surface area contributed by atoms with Gasteiger partial charge in [0, 0.05) is 28.5 Å². The summed E-state index contributed by atoms with van der Waals surface area (Å²) in [6.07, 6.45) is 2.35. The number of amides is 1. The second kappa shape index (κ2) is 9.42. The van der Waals surface area contributed by atoms with Crippen molar-refractivity contribution in [1.29, 1.82) is 0 Å². The first-order chi connectivity index (χ1) is 17.2. The molecule has 6 nitrogen and oxygen atoms in total. The van der Waals surface area contributed by atoms with Gasteiger partial charge in [-0.15, -0.1) is 11.3 Å². The van der Waals surface area contributed by atoms with Crippen LogP contribution in [0.2, 0.25) is 0 Å². The van der Waals surface area contributed by atoms with Crippen molar-refractivity contribution in [1.82, 2.24) is 14.2 Å². The third-order valence-electron chi connectivity index (χ3n) is 6.59. The van der Waals surface area contributed by atoms with E-state index in [1.165, 1.54) is 9.18 Å². The van der Waals surface area contributed by atoms with Gasteiger partial charge in [0.05, 0.1) is 18.1 Å². The first-order valence-electron chi connectivity index (χ1n) is 12.0. The molecular weight excluding hydrogens is 490 g/mol. The SMILES string of the molecule is CC(C)(C)N(CC(=O)N1CCc2sccc2[C@@H]1c1ccccc1)S(=O)(=O)c1cccc2cccnc12. The van der Waals surface area contributed by atoms with Crippen molar-refractivity contribution in [3.8, 4) is 0 Å². The van der Waals surface area contributed by atoms with Crippen molar-refractivity contribution in [2.24, 2.45) is 0 Å². The number of hydrogen-bond acceptors (Lipinski definition) is 5. The molecule has 186 valence electrons. The van der Waals surface area contributed by atoms with E-state index in [9.17, 15) is 13.2 Å². The van der Waals surface area contributed by atoms with Gasteiger partial charge in [-0.2, -0.15) is 4.31 Å². The Morgan fingerprint density at radius 3 is 2.56 bits per heavy atom. The van der Waals surface area contributed by atoms with Crippen LogP contribution in [-0.4, -0.2) is 47.1 Å². The molecule has 1 aliphatic rings. The third-order valence-corrected chi connectivity index (χ3v) is 9.73. The summed E-state index contributed by atoms with van der Waals surface area (Å²) in [6.45, 7) is 5.74. The fourth-order valence-corrected chi connectivity index (χ4v) is 7.69. The van der Waals surface area contributed by atoms with Crippen LogP contribution in [0.1, 0.15) is 42.8 Å². The van der Waals surface area contributed by atoms with Crippen molar-refractivity contribution in [2.45, 2.75) is 43.7 Å². The number of rotatable bonds is 5. The topological polar surface area (TPSA) is 70.6 Å². The van der Waals surface area contributed by atoms with Gasteiger partial charge in [0.1, 0.15) is 4.90 Å². The molecule has 3 heterocycles. The Morgan fingerprint density at radius 2 is 1.81 bits per heavy atom. The second-order valence-electron chi connectivity index (χ2n) is 9.96. The molecule has 0 unspecified atom stereocenters. The van der Waals surface area contributed by atoms with E-state index in [4.69, 9.17) is 0 Å². The minimum atomic E-state index is -4.03. The van der Waals surface area contributed by atoms with Crippen molar-refractivity contribution < 1.29 is 13.2 Å². The van der Waals surface area contributed by atoms with E-state index in [1.807, 2.05) is 68.1 Å². The van der Waals surface area contributed by atoms with Gasteiger partial charge in [-0.05, 0) is 61.9 Å². The lowest BCUT2D eigenvalue weighted by molar-refractivity contribution is -0.134. The molecule has 0 saturated heterocycles. The zero-order chi connectivity index (χ0) is 25.5. The molecule has 4 aromatic rings. The maximum atomic E-state index is 14.0. The number of carbonyl (C=O) groups excluding carboxylic acids is 1. The highest BCUT2D eigenvalue weighted by Gasteiger charge is 2.40. The zero-order valence-corrected chi connectivity index (χ0v) is 22.2. The van der Waals surface area contributed by atoms with E-state index < -0.39 is 15.6 Å². The number of benzene rings is 2. The summed E-state index contributed by atoms with van der Waals surface area (Å²) in [6, 6.07) is 20.5. The Labute approximate surface area is 216 Å². The number of aromatic nitrogens is 1. The average molecular weight is 520 g/mol. The molecule has 36 heavy (non-hydrogen) atoms. The Bertz CT molecular complexity index is 1500. The van der Waals surface area contributed by atoms with Crippen LogP contribution in [-0.2, 0) is 21.2 Å². The van der Waals surface area contributed by atoms with Crippen molar-refractivity contribution in [2.75, 3.05) is 13.1 Å². The van der Waals surface area contributed by atoms with Gasteiger partial charge in [-0.1, -0.05) is 48.5 Å². The average Bonchev–Trinajstić information content (AvgIpc) is 3.35. The number of nitrogens with zero attached hydrogens (tertiary/aromatic N) is 3. The molecule has 0 aliphatic carbocycles. The van der Waals surface area contributed by atoms with Gasteiger partial charge >= 0.3 is 0 Å². The van der Waals surface area contributed by atoms with E-state index in [2.05, 4.69) is 16.4 Å². The number of pyridine rings is 1. The highest BCUT2D eigenvalue weighted by Crippen LogP contribution is 2.38. The lowest BCUT2D eigenvalue weighted by Crippen LogP contribution is -2.52. The number of fused-ring (bicyclic) bond motifs is 2. The van der Waals surface area contributed by atoms with E-state index >= 15 is 0 Å². The van der Waals surface area contributed by atoms with Gasteiger partial charge in [0.15, 0.2) is 0 Å². The van der Waals surface area contributed by atoms with Gasteiger partial charge in [-0.25, -0.2) is 8.42 Å². The first-order valence-corrected chi connectivity index (χ1v) is 14.3. The predicted molar refractivity (Wildman–Crippen MR) is 143 cm³/mol. The monoisotopic (exact) mass is 519 g/mol. The standard InChI is InChI=1S/C28H29N3O3S2/c1-28(2,3)31(36(33,34)24-13-7-11-20-12-8-16-29-26(20)24)19-25(32)30-17-14-23-22(15-18-35-23)27(30)21-9-5-4-6-10-21/h4-13,15-16,18,27H,14,17,19H2,1-3H3/t27-/m0/s1. The van der Waals surface area contributed by atoms with Crippen molar-refractivity contribution in [3.63, 3.8) is 0 Å². The molecule has 0 N–H and O–H groups in total. The molecule has 5 rings (SSSR count). The molecule has 2 aromatic carbocycles. The van der Waals surface area contributed by atoms with Crippen LogP contribution in [0.4, 0.5) is 0 Å². The molecule has 0 spiro atoms. The number of para-hydroxylation sites is 1. The Hall–Kier alpha value is -3.07. The van der Waals surface area contributed by atoms with Gasteiger partial charge in [0.25, 0.3) is 0 Å². The quantitative estimate of drug-likeness (QED) is 0.361. The molecule has 0 saturated carbocycles. The molecular formula is C28H29N3O3S2. The summed E-state index contributed by atoms with van der Waals surface area (Å²) in [4.78, 5) is 21.5. The summed E-state index contributed by atoms with van der Waals surface area (Å²) < 4.78 is 29.4. The van der Waals surface area contributed by atoms with Crippen LogP contribution in [0.15, 0.2) is 83.2 Å². The Balaban J connectivity index is 1.53. The van der Waals surface area contributed by atoms with E-state index in [-0.39, 0.29) is 23.4 Å². The van der Waals surface area contributed by atoms with Crippen LogP contribution >= 0.6 is 11.3 Å². The maximum Gasteiger partial charge on any atom is 0.246 e. The third kappa shape index (κ3) is 4.45. The highest BCUT2D eigenvalue weighted by atomic mass is 32.2. The fraction of sp³-hybridized carbons (Fsp3) is 0.286. The molecule has 8 heteroatoms. The molecule has 0 radical (unpaired) electrons. The normalized spacial score (nSPS) is 16.3. The van der Waals surface area contributed by atoms with Gasteiger partial charge < -0.3 is 4.90 Å². The number of thiophene rings is 1. The van der Waals surface area contributed by atoms with Crippen LogP contribution in [0.3, 0.4) is 0 Å². The fourth-order valence-electron chi connectivity index (χ4n) is 4.88. The minimum absolute atomic E-state index is 0.113. The molecule has 1 atom stereocenters. The highest BCUT2D eigenvalue weighted by molar-refractivity contribution is 7.89. The van der Waals surface area contributed by atoms with Crippen molar-refractivity contribution in [3.05, 3.63) is 94.3 Å². The maximum absolute atomic E-state index is 14.0. The summed E-state index contributed by atoms with van der Waals surface area (Å²) in [5, 5.41) is 2.80. The minimum Gasteiger partial charge on any atom is -0.330 e. The predicted octanol–water partition coefficient (Wildman–Crippen LogP) is 5.26. The zero-order valence-electron chi connectivity index (χ0n) is 20.6. The van der Waals surface area contributed by atoms with E-state index in [0.717, 1.165) is 22.9 Å². The largest absolute Gasteiger partial charge is 0.330 e. The molecule has 1 amide bonds. The Kier molecular flexibility index (Phi) is 6.44. The van der Waals surface area contributed by atoms with Crippen LogP contribution in [0, 0.1) is 0 Å². The van der Waals surface area contributed by atoms with E-state index in [1.54, 1.807) is 35.7 Å². The molecule has 0 bridgehead atoms. The lowest BCUT2D eigenvalue weighted by Gasteiger charge is -2.40. The molecule has 0 fully saturated rings. The van der Waals surface area contributed by atoms with Crippen LogP contribution in [0.5, 0.6) is 0 Å². The van der Waals surface area contributed by atoms with Crippen LogP contribution in [0.25, 0.3) is 10.9 Å². The van der Waals surface area contributed by atoms with Gasteiger partial charge in [0.2, 0.25) is 15.9 Å². The second-order valence-corrected chi connectivity index (χ2v) is 12.8. The van der Waals surface area contributed by atoms with E-state index in [0.29, 0.717) is 12.1 Å². The lowest BCUT2D eigenvalue weighted by atomic mass is 9.93. The summed E-state index contributed by atoms with van der Waals surface area (Å²) in [5.41, 5.74) is 1.73. The summed E-state index contributed by atoms with van der Waals surface area (Å²) >= 11 is 1.71. The first kappa shape index (κ1) is 24.6. The van der Waals surface area contributed by atoms with Gasteiger partial charge in [-0.3, -0.25) is 9.78 Å².